The molecule has 2 aromatic carbocycles. The lowest BCUT2D eigenvalue weighted by molar-refractivity contribution is 0.414. The van der Waals surface area contributed by atoms with Crippen molar-refractivity contribution in [3.63, 3.8) is 0 Å². The normalized spacial score (nSPS) is 11.0. The van der Waals surface area contributed by atoms with Gasteiger partial charge in [0.25, 0.3) is 0 Å². The van der Waals surface area contributed by atoms with E-state index in [1.54, 1.807) is 14.2 Å². The first-order valence-corrected chi connectivity index (χ1v) is 9.34. The van der Waals surface area contributed by atoms with Gasteiger partial charge in [-0.2, -0.15) is 0 Å². The van der Waals surface area contributed by atoms with E-state index in [0.717, 1.165) is 24.3 Å². The summed E-state index contributed by atoms with van der Waals surface area (Å²) < 4.78 is 32.3. The van der Waals surface area contributed by atoms with Gasteiger partial charge in [-0.15, -0.1) is 0 Å². The van der Waals surface area contributed by atoms with Crippen molar-refractivity contribution in [1.82, 2.24) is 0 Å². The highest BCUT2D eigenvalue weighted by molar-refractivity contribution is 7.72. The van der Waals surface area contributed by atoms with E-state index in [4.69, 9.17) is 9.47 Å². The SMILES string of the molecule is COc1ccc(CC(CC[SH](=O)=O)Cc2ccc(OC)cc2)cc1. The summed E-state index contributed by atoms with van der Waals surface area (Å²) >= 11 is 0. The second-order valence-electron chi connectivity index (χ2n) is 5.82. The number of methoxy groups -OCH3 is 2. The van der Waals surface area contributed by atoms with E-state index in [2.05, 4.69) is 0 Å². The highest BCUT2D eigenvalue weighted by atomic mass is 32.2. The maximum Gasteiger partial charge on any atom is 0.140 e. The molecule has 0 N–H and O–H groups in total. The Balaban J connectivity index is 2.06. The van der Waals surface area contributed by atoms with E-state index in [1.165, 1.54) is 11.1 Å². The Labute approximate surface area is 145 Å². The smallest absolute Gasteiger partial charge is 0.140 e. The quantitative estimate of drug-likeness (QED) is 0.708. The fourth-order valence-electron chi connectivity index (χ4n) is 2.75. The van der Waals surface area contributed by atoms with Gasteiger partial charge in [-0.3, -0.25) is 0 Å². The second kappa shape index (κ2) is 9.33. The van der Waals surface area contributed by atoms with Gasteiger partial charge < -0.3 is 9.47 Å². The number of rotatable bonds is 9. The van der Waals surface area contributed by atoms with Crippen LogP contribution in [0.4, 0.5) is 0 Å². The lowest BCUT2D eigenvalue weighted by Crippen LogP contribution is -2.11. The molecule has 5 heteroatoms. The molecular formula is C19H24O4S. The van der Waals surface area contributed by atoms with Crippen LogP contribution >= 0.6 is 0 Å². The van der Waals surface area contributed by atoms with Crippen LogP contribution in [0.25, 0.3) is 0 Å². The molecule has 0 aliphatic carbocycles. The van der Waals surface area contributed by atoms with Crippen LogP contribution in [-0.4, -0.2) is 28.4 Å². The van der Waals surface area contributed by atoms with Crippen molar-refractivity contribution in [1.29, 1.82) is 0 Å². The average molecular weight is 348 g/mol. The maximum atomic E-state index is 11.0. The minimum atomic E-state index is -2.34. The number of benzene rings is 2. The Morgan fingerprint density at radius 1 is 0.792 bits per heavy atom. The largest absolute Gasteiger partial charge is 0.497 e. The monoisotopic (exact) mass is 348 g/mol. The van der Waals surface area contributed by atoms with Gasteiger partial charge in [0.15, 0.2) is 0 Å². The van der Waals surface area contributed by atoms with Gasteiger partial charge in [-0.25, -0.2) is 8.42 Å². The molecule has 0 amide bonds. The lowest BCUT2D eigenvalue weighted by atomic mass is 9.90. The molecular weight excluding hydrogens is 324 g/mol. The van der Waals surface area contributed by atoms with Crippen LogP contribution in [0.2, 0.25) is 0 Å². The predicted molar refractivity (Wildman–Crippen MR) is 96.7 cm³/mol. The summed E-state index contributed by atoms with van der Waals surface area (Å²) in [5, 5.41) is 0. The minimum Gasteiger partial charge on any atom is -0.497 e. The molecule has 0 bridgehead atoms. The lowest BCUT2D eigenvalue weighted by Gasteiger charge is -2.16. The van der Waals surface area contributed by atoms with Gasteiger partial charge in [-0.05, 0) is 60.6 Å². The summed E-state index contributed by atoms with van der Waals surface area (Å²) in [6, 6.07) is 15.9. The summed E-state index contributed by atoms with van der Waals surface area (Å²) in [6.45, 7) is 0. The fraction of sp³-hybridized carbons (Fsp3) is 0.368. The topological polar surface area (TPSA) is 52.6 Å². The van der Waals surface area contributed by atoms with E-state index in [1.807, 2.05) is 48.5 Å². The third kappa shape index (κ3) is 5.89. The van der Waals surface area contributed by atoms with E-state index >= 15 is 0 Å². The second-order valence-corrected chi connectivity index (χ2v) is 6.93. The molecule has 0 saturated carbocycles. The summed E-state index contributed by atoms with van der Waals surface area (Å²) in [5.74, 6) is 2.16. The minimum absolute atomic E-state index is 0.228. The zero-order valence-electron chi connectivity index (χ0n) is 14.1. The van der Waals surface area contributed by atoms with Crippen molar-refractivity contribution in [3.05, 3.63) is 59.7 Å². The van der Waals surface area contributed by atoms with Crippen molar-refractivity contribution in [3.8, 4) is 11.5 Å². The molecule has 2 rings (SSSR count). The van der Waals surface area contributed by atoms with Crippen LogP contribution in [0.5, 0.6) is 11.5 Å². The van der Waals surface area contributed by atoms with Gasteiger partial charge in [-0.1, -0.05) is 24.3 Å². The summed E-state index contributed by atoms with van der Waals surface area (Å²) in [6.07, 6.45) is 2.36. The molecule has 0 aliphatic heterocycles. The van der Waals surface area contributed by atoms with Crippen molar-refractivity contribution in [2.24, 2.45) is 5.92 Å². The third-order valence-electron chi connectivity index (χ3n) is 4.09. The molecule has 0 saturated heterocycles. The summed E-state index contributed by atoms with van der Waals surface area (Å²) in [4.78, 5) is 0. The Hall–Kier alpha value is -2.01. The first kappa shape index (κ1) is 18.3. The van der Waals surface area contributed by atoms with Gasteiger partial charge in [0.1, 0.15) is 22.2 Å². The Morgan fingerprint density at radius 3 is 1.54 bits per heavy atom. The molecule has 0 fully saturated rings. The molecule has 0 aromatic heterocycles. The number of hydrogen-bond donors (Lipinski definition) is 1. The van der Waals surface area contributed by atoms with Crippen LogP contribution in [0.15, 0.2) is 48.5 Å². The van der Waals surface area contributed by atoms with Gasteiger partial charge in [0.05, 0.1) is 14.2 Å². The van der Waals surface area contributed by atoms with E-state index in [9.17, 15) is 8.42 Å². The molecule has 130 valence electrons. The number of ether oxygens (including phenoxy) is 2. The third-order valence-corrected chi connectivity index (χ3v) is 4.71. The first-order chi connectivity index (χ1) is 11.6. The molecule has 0 aliphatic rings. The molecule has 0 radical (unpaired) electrons. The fourth-order valence-corrected chi connectivity index (χ4v) is 3.33. The first-order valence-electron chi connectivity index (χ1n) is 7.98. The molecule has 4 nitrogen and oxygen atoms in total. The highest BCUT2D eigenvalue weighted by Gasteiger charge is 2.12. The van der Waals surface area contributed by atoms with Crippen LogP contribution < -0.4 is 9.47 Å². The van der Waals surface area contributed by atoms with Crippen LogP contribution in [0.1, 0.15) is 17.5 Å². The van der Waals surface area contributed by atoms with E-state index in [0.29, 0.717) is 6.42 Å². The van der Waals surface area contributed by atoms with Crippen molar-refractivity contribution < 1.29 is 17.9 Å². The molecule has 0 unspecified atom stereocenters. The Bertz CT molecular complexity index is 633. The molecule has 24 heavy (non-hydrogen) atoms. The number of thiol groups is 1. The highest BCUT2D eigenvalue weighted by Crippen LogP contribution is 2.21. The number of hydrogen-bond acceptors (Lipinski definition) is 4. The van der Waals surface area contributed by atoms with E-state index in [-0.39, 0.29) is 11.7 Å². The van der Waals surface area contributed by atoms with Crippen LogP contribution in [-0.2, 0) is 23.5 Å². The summed E-state index contributed by atoms with van der Waals surface area (Å²) in [7, 11) is 0.952. The molecule has 0 spiro atoms. The van der Waals surface area contributed by atoms with Crippen molar-refractivity contribution in [2.75, 3.05) is 20.0 Å². The zero-order chi connectivity index (χ0) is 17.4. The molecule has 0 atom stereocenters. The van der Waals surface area contributed by atoms with E-state index < -0.39 is 10.7 Å². The standard InChI is InChI=1S/C19H24O4S/c1-22-18-7-3-15(4-8-18)13-17(11-12-24(20)21)14-16-5-9-19(23-2)10-6-16/h3-10,17,24H,11-14H2,1-2H3. The average Bonchev–Trinajstić information content (AvgIpc) is 2.61. The maximum absolute atomic E-state index is 11.0. The Morgan fingerprint density at radius 2 is 1.21 bits per heavy atom. The van der Waals surface area contributed by atoms with Crippen LogP contribution in [0.3, 0.4) is 0 Å². The summed E-state index contributed by atoms with van der Waals surface area (Å²) in [5.41, 5.74) is 2.38. The van der Waals surface area contributed by atoms with Crippen molar-refractivity contribution in [2.45, 2.75) is 19.3 Å². The van der Waals surface area contributed by atoms with Gasteiger partial charge >= 0.3 is 0 Å². The van der Waals surface area contributed by atoms with Gasteiger partial charge in [0, 0.05) is 5.75 Å². The predicted octanol–water partition coefficient (Wildman–Crippen LogP) is 3.11. The van der Waals surface area contributed by atoms with Crippen molar-refractivity contribution >= 4 is 10.7 Å². The molecule has 2 aromatic rings. The zero-order valence-corrected chi connectivity index (χ0v) is 15.0. The van der Waals surface area contributed by atoms with Gasteiger partial charge in [0.2, 0.25) is 0 Å². The molecule has 0 heterocycles. The van der Waals surface area contributed by atoms with Crippen LogP contribution in [0, 0.1) is 5.92 Å². The Kier molecular flexibility index (Phi) is 7.12.